The molecule has 0 spiro atoms. The molecule has 0 bridgehead atoms. The van der Waals surface area contributed by atoms with Crippen LogP contribution in [0.2, 0.25) is 0 Å². The number of rotatable bonds is 2. The van der Waals surface area contributed by atoms with E-state index in [1.807, 2.05) is 11.8 Å². The van der Waals surface area contributed by atoms with Gasteiger partial charge in [-0.25, -0.2) is 9.59 Å². The van der Waals surface area contributed by atoms with Crippen LogP contribution in [0.5, 0.6) is 0 Å². The standard InChI is InChI=1S/C12H20N2O3S/c1-11(2)5-6-14(7-8-18-11)10(17)13-12(3-4-12)9(15)16/h3-8H2,1-2H3,(H,13,17)(H,15,16). The van der Waals surface area contributed by atoms with Crippen LogP contribution in [0.4, 0.5) is 4.79 Å². The number of aliphatic carboxylic acids is 1. The molecule has 2 fully saturated rings. The van der Waals surface area contributed by atoms with Crippen LogP contribution in [-0.2, 0) is 4.79 Å². The Morgan fingerprint density at radius 1 is 1.22 bits per heavy atom. The maximum Gasteiger partial charge on any atom is 0.329 e. The fourth-order valence-electron chi connectivity index (χ4n) is 2.02. The normalized spacial score (nSPS) is 25.1. The highest BCUT2D eigenvalue weighted by atomic mass is 32.2. The van der Waals surface area contributed by atoms with E-state index in [0.717, 1.165) is 12.2 Å². The third-order valence-corrected chi connectivity index (χ3v) is 5.00. The molecule has 1 aliphatic heterocycles. The van der Waals surface area contributed by atoms with Gasteiger partial charge in [0.25, 0.3) is 0 Å². The molecule has 2 N–H and O–H groups in total. The van der Waals surface area contributed by atoms with Gasteiger partial charge in [-0.05, 0) is 19.3 Å². The van der Waals surface area contributed by atoms with Gasteiger partial charge < -0.3 is 15.3 Å². The predicted molar refractivity (Wildman–Crippen MR) is 70.9 cm³/mol. The summed E-state index contributed by atoms with van der Waals surface area (Å²) in [6, 6.07) is -0.229. The number of nitrogens with zero attached hydrogens (tertiary/aromatic N) is 1. The highest BCUT2D eigenvalue weighted by Crippen LogP contribution is 2.36. The quantitative estimate of drug-likeness (QED) is 0.800. The van der Waals surface area contributed by atoms with Crippen molar-refractivity contribution in [2.24, 2.45) is 0 Å². The van der Waals surface area contributed by atoms with Crippen LogP contribution in [0, 0.1) is 0 Å². The third-order valence-electron chi connectivity index (χ3n) is 3.63. The summed E-state index contributed by atoms with van der Waals surface area (Å²) in [6.45, 7) is 5.74. The van der Waals surface area contributed by atoms with Gasteiger partial charge in [-0.1, -0.05) is 13.8 Å². The van der Waals surface area contributed by atoms with Crippen LogP contribution in [0.15, 0.2) is 0 Å². The molecule has 1 heterocycles. The summed E-state index contributed by atoms with van der Waals surface area (Å²) in [5.74, 6) is -0.0131. The lowest BCUT2D eigenvalue weighted by atomic mass is 10.1. The molecule has 0 atom stereocenters. The molecular weight excluding hydrogens is 252 g/mol. The Kier molecular flexibility index (Phi) is 3.49. The molecule has 1 saturated heterocycles. The van der Waals surface area contributed by atoms with Crippen molar-refractivity contribution >= 4 is 23.8 Å². The number of thioether (sulfide) groups is 1. The van der Waals surface area contributed by atoms with E-state index < -0.39 is 11.5 Å². The Hall–Kier alpha value is -0.910. The molecule has 6 heteroatoms. The molecule has 0 radical (unpaired) electrons. The third kappa shape index (κ3) is 2.91. The summed E-state index contributed by atoms with van der Waals surface area (Å²) in [4.78, 5) is 24.8. The Balaban J connectivity index is 1.92. The number of nitrogens with one attached hydrogen (secondary N) is 1. The number of carbonyl (C=O) groups excluding carboxylic acids is 1. The van der Waals surface area contributed by atoms with Gasteiger partial charge in [-0.2, -0.15) is 11.8 Å². The first-order valence-electron chi connectivity index (χ1n) is 6.29. The second kappa shape index (κ2) is 4.64. The monoisotopic (exact) mass is 272 g/mol. The minimum Gasteiger partial charge on any atom is -0.480 e. The van der Waals surface area contributed by atoms with Crippen molar-refractivity contribution in [1.82, 2.24) is 10.2 Å². The van der Waals surface area contributed by atoms with Crippen molar-refractivity contribution in [3.63, 3.8) is 0 Å². The van der Waals surface area contributed by atoms with Gasteiger partial charge in [0.1, 0.15) is 5.54 Å². The topological polar surface area (TPSA) is 69.6 Å². The second-order valence-corrected chi connectivity index (χ2v) is 7.46. The first-order chi connectivity index (χ1) is 8.35. The Bertz CT molecular complexity index is 366. The lowest BCUT2D eigenvalue weighted by Gasteiger charge is -2.24. The van der Waals surface area contributed by atoms with E-state index in [9.17, 15) is 9.59 Å². The van der Waals surface area contributed by atoms with Gasteiger partial charge in [-0.3, -0.25) is 0 Å². The molecule has 2 aliphatic rings. The van der Waals surface area contributed by atoms with Crippen LogP contribution in [-0.4, -0.2) is 51.1 Å². The van der Waals surface area contributed by atoms with E-state index in [4.69, 9.17) is 5.11 Å². The van der Waals surface area contributed by atoms with Gasteiger partial charge in [0.15, 0.2) is 0 Å². The minimum atomic E-state index is -0.980. The average molecular weight is 272 g/mol. The summed E-state index contributed by atoms with van der Waals surface area (Å²) < 4.78 is 0.194. The second-order valence-electron chi connectivity index (χ2n) is 5.66. The summed E-state index contributed by atoms with van der Waals surface area (Å²) in [7, 11) is 0. The first-order valence-corrected chi connectivity index (χ1v) is 7.28. The van der Waals surface area contributed by atoms with Crippen molar-refractivity contribution < 1.29 is 14.7 Å². The highest BCUT2D eigenvalue weighted by molar-refractivity contribution is 8.00. The number of hydrogen-bond acceptors (Lipinski definition) is 3. The highest BCUT2D eigenvalue weighted by Gasteiger charge is 2.52. The molecule has 2 amide bonds. The van der Waals surface area contributed by atoms with Gasteiger partial charge in [0.05, 0.1) is 0 Å². The molecule has 102 valence electrons. The van der Waals surface area contributed by atoms with Gasteiger partial charge in [0.2, 0.25) is 0 Å². The summed E-state index contributed by atoms with van der Waals surface area (Å²) in [6.07, 6.45) is 2.02. The van der Waals surface area contributed by atoms with Gasteiger partial charge in [-0.15, -0.1) is 0 Å². The number of carbonyl (C=O) groups is 2. The summed E-state index contributed by atoms with van der Waals surface area (Å²) in [5.41, 5.74) is -0.980. The molecule has 1 aliphatic carbocycles. The lowest BCUT2D eigenvalue weighted by Crippen LogP contribution is -2.50. The van der Waals surface area contributed by atoms with Crippen LogP contribution >= 0.6 is 11.8 Å². The fourth-order valence-corrected chi connectivity index (χ4v) is 3.12. The maximum absolute atomic E-state index is 12.1. The van der Waals surface area contributed by atoms with Gasteiger partial charge in [0, 0.05) is 23.6 Å². The number of urea groups is 1. The number of amides is 2. The zero-order chi connectivity index (χ0) is 13.4. The molecule has 18 heavy (non-hydrogen) atoms. The van der Waals surface area contributed by atoms with Crippen LogP contribution in [0.25, 0.3) is 0 Å². The van der Waals surface area contributed by atoms with Crippen molar-refractivity contribution in [3.05, 3.63) is 0 Å². The van der Waals surface area contributed by atoms with Gasteiger partial charge >= 0.3 is 12.0 Å². The summed E-state index contributed by atoms with van der Waals surface area (Å²) in [5, 5.41) is 11.7. The Morgan fingerprint density at radius 3 is 2.44 bits per heavy atom. The van der Waals surface area contributed by atoms with Crippen molar-refractivity contribution in [1.29, 1.82) is 0 Å². The average Bonchev–Trinajstić information content (AvgIpc) is 3.04. The van der Waals surface area contributed by atoms with Crippen LogP contribution < -0.4 is 5.32 Å². The Labute approximate surface area is 111 Å². The summed E-state index contributed by atoms with van der Waals surface area (Å²) >= 11 is 1.86. The number of carboxylic acids is 1. The molecule has 1 saturated carbocycles. The molecule has 0 unspecified atom stereocenters. The van der Waals surface area contributed by atoms with E-state index in [1.54, 1.807) is 4.90 Å². The maximum atomic E-state index is 12.1. The van der Waals surface area contributed by atoms with Crippen LogP contribution in [0.1, 0.15) is 33.1 Å². The molecule has 5 nitrogen and oxygen atoms in total. The first kappa shape index (κ1) is 13.5. The molecule has 0 aromatic heterocycles. The zero-order valence-electron chi connectivity index (χ0n) is 10.9. The van der Waals surface area contributed by atoms with Crippen molar-refractivity contribution in [2.75, 3.05) is 18.8 Å². The molecule has 0 aromatic rings. The van der Waals surface area contributed by atoms with E-state index in [1.165, 1.54) is 0 Å². The van der Waals surface area contributed by atoms with Crippen LogP contribution in [0.3, 0.4) is 0 Å². The predicted octanol–water partition coefficient (Wildman–Crippen LogP) is 1.53. The fraction of sp³-hybridized carbons (Fsp3) is 0.833. The molecular formula is C12H20N2O3S. The van der Waals surface area contributed by atoms with E-state index in [-0.39, 0.29) is 10.8 Å². The lowest BCUT2D eigenvalue weighted by molar-refractivity contribution is -0.140. The minimum absolute atomic E-state index is 0.194. The zero-order valence-corrected chi connectivity index (χ0v) is 11.7. The number of carboxylic acid groups (broad SMARTS) is 1. The molecule has 0 aromatic carbocycles. The van der Waals surface area contributed by atoms with E-state index in [0.29, 0.717) is 25.9 Å². The Morgan fingerprint density at radius 2 is 1.89 bits per heavy atom. The van der Waals surface area contributed by atoms with Crippen molar-refractivity contribution in [2.45, 2.75) is 43.4 Å². The number of hydrogen-bond donors (Lipinski definition) is 2. The van der Waals surface area contributed by atoms with Crippen molar-refractivity contribution in [3.8, 4) is 0 Å². The smallest absolute Gasteiger partial charge is 0.329 e. The SMILES string of the molecule is CC1(C)CCN(C(=O)NC2(C(=O)O)CC2)CCS1. The van der Waals surface area contributed by atoms with E-state index in [2.05, 4.69) is 19.2 Å². The van der Waals surface area contributed by atoms with E-state index >= 15 is 0 Å². The molecule has 2 rings (SSSR count). The largest absolute Gasteiger partial charge is 0.480 e.